The van der Waals surface area contributed by atoms with Crippen LogP contribution >= 0.6 is 11.3 Å². The summed E-state index contributed by atoms with van der Waals surface area (Å²) in [6.45, 7) is 3.46. The number of furan rings is 1. The van der Waals surface area contributed by atoms with Gasteiger partial charge in [-0.1, -0.05) is 0 Å². The van der Waals surface area contributed by atoms with Gasteiger partial charge >= 0.3 is 0 Å². The summed E-state index contributed by atoms with van der Waals surface area (Å²) < 4.78 is 6.54. The monoisotopic (exact) mass is 287 g/mol. The quantitative estimate of drug-likeness (QED) is 0.755. The lowest BCUT2D eigenvalue weighted by molar-refractivity contribution is 0.518. The minimum atomic E-state index is 0.669. The van der Waals surface area contributed by atoms with Crippen molar-refractivity contribution in [2.24, 2.45) is 5.73 Å². The average Bonchev–Trinajstić information content (AvgIpc) is 3.07. The van der Waals surface area contributed by atoms with Crippen LogP contribution in [0.2, 0.25) is 0 Å². The van der Waals surface area contributed by atoms with Crippen LogP contribution in [-0.4, -0.2) is 11.5 Å². The van der Waals surface area contributed by atoms with E-state index < -0.39 is 0 Å². The number of rotatable bonds is 5. The Morgan fingerprint density at radius 3 is 3.05 bits per heavy atom. The number of hydrogen-bond donors (Lipinski definition) is 2. The van der Waals surface area contributed by atoms with Crippen LogP contribution in [0, 0.1) is 6.92 Å². The molecule has 0 aliphatic rings. The molecule has 0 atom stereocenters. The second kappa shape index (κ2) is 5.64. The lowest BCUT2D eigenvalue weighted by Gasteiger charge is -2.05. The van der Waals surface area contributed by atoms with Gasteiger partial charge in [0.1, 0.15) is 5.76 Å². The van der Waals surface area contributed by atoms with Gasteiger partial charge in [0.15, 0.2) is 0 Å². The Labute approximate surface area is 121 Å². The van der Waals surface area contributed by atoms with E-state index in [1.54, 1.807) is 17.6 Å². The highest BCUT2D eigenvalue weighted by atomic mass is 32.1. The molecule has 0 fully saturated rings. The Balaban J connectivity index is 1.92. The number of aryl methyl sites for hydroxylation is 1. The first kappa shape index (κ1) is 13.1. The average molecular weight is 287 g/mol. The molecule has 0 radical (unpaired) electrons. The molecule has 0 aromatic carbocycles. The molecule has 0 unspecified atom stereocenters. The van der Waals surface area contributed by atoms with E-state index in [4.69, 9.17) is 10.2 Å². The Morgan fingerprint density at radius 2 is 2.30 bits per heavy atom. The Morgan fingerprint density at radius 1 is 1.40 bits per heavy atom. The number of pyridine rings is 1. The standard InChI is InChI=1S/C15H17N3OS/c1-10-13(4-6-16)20-15-12(5-7-17-14(10)15)18-9-11-3-2-8-19-11/h2-3,5,7-8H,4,6,9,16H2,1H3,(H,17,18). The molecule has 104 valence electrons. The number of anilines is 1. The van der Waals surface area contributed by atoms with Crippen LogP contribution in [-0.2, 0) is 13.0 Å². The number of hydrogen-bond acceptors (Lipinski definition) is 5. The van der Waals surface area contributed by atoms with E-state index in [1.165, 1.54) is 15.1 Å². The molecule has 3 aromatic heterocycles. The van der Waals surface area contributed by atoms with Crippen molar-refractivity contribution in [2.45, 2.75) is 19.9 Å². The van der Waals surface area contributed by atoms with Gasteiger partial charge < -0.3 is 15.5 Å². The van der Waals surface area contributed by atoms with Gasteiger partial charge in [0.25, 0.3) is 0 Å². The van der Waals surface area contributed by atoms with Gasteiger partial charge in [-0.05, 0) is 43.7 Å². The fourth-order valence-electron chi connectivity index (χ4n) is 2.25. The van der Waals surface area contributed by atoms with Crippen LogP contribution in [0.3, 0.4) is 0 Å². The largest absolute Gasteiger partial charge is 0.467 e. The molecule has 5 heteroatoms. The predicted octanol–water partition coefficient (Wildman–Crippen LogP) is 3.31. The molecule has 3 aromatic rings. The van der Waals surface area contributed by atoms with Gasteiger partial charge in [0.2, 0.25) is 0 Å². The molecular weight excluding hydrogens is 270 g/mol. The summed E-state index contributed by atoms with van der Waals surface area (Å²) in [7, 11) is 0. The van der Waals surface area contributed by atoms with E-state index in [1.807, 2.05) is 24.4 Å². The summed E-state index contributed by atoms with van der Waals surface area (Å²) in [6, 6.07) is 5.87. The summed E-state index contributed by atoms with van der Waals surface area (Å²) in [4.78, 5) is 5.82. The van der Waals surface area contributed by atoms with Crippen molar-refractivity contribution in [3.63, 3.8) is 0 Å². The van der Waals surface area contributed by atoms with Crippen molar-refractivity contribution < 1.29 is 4.42 Å². The fraction of sp³-hybridized carbons (Fsp3) is 0.267. The van der Waals surface area contributed by atoms with Crippen LogP contribution in [0.5, 0.6) is 0 Å². The van der Waals surface area contributed by atoms with Crippen molar-refractivity contribution >= 4 is 27.2 Å². The second-order valence-electron chi connectivity index (χ2n) is 4.66. The molecule has 0 bridgehead atoms. The first-order chi connectivity index (χ1) is 9.79. The van der Waals surface area contributed by atoms with E-state index in [0.29, 0.717) is 13.1 Å². The maximum absolute atomic E-state index is 5.67. The smallest absolute Gasteiger partial charge is 0.122 e. The molecule has 0 saturated heterocycles. The second-order valence-corrected chi connectivity index (χ2v) is 5.76. The lowest BCUT2D eigenvalue weighted by atomic mass is 10.2. The molecule has 3 rings (SSSR count). The SMILES string of the molecule is Cc1c(CCN)sc2c(NCc3ccco3)ccnc12. The summed E-state index contributed by atoms with van der Waals surface area (Å²) in [5.74, 6) is 0.922. The Bertz CT molecular complexity index is 703. The fourth-order valence-corrected chi connectivity index (χ4v) is 3.52. The van der Waals surface area contributed by atoms with Gasteiger partial charge in [-0.25, -0.2) is 0 Å². The van der Waals surface area contributed by atoms with Crippen LogP contribution in [0.4, 0.5) is 5.69 Å². The van der Waals surface area contributed by atoms with Crippen LogP contribution in [0.25, 0.3) is 10.2 Å². The van der Waals surface area contributed by atoms with Crippen molar-refractivity contribution in [1.29, 1.82) is 0 Å². The number of thiophene rings is 1. The molecule has 3 heterocycles. The molecule has 0 aliphatic heterocycles. The Kier molecular flexibility index (Phi) is 3.71. The van der Waals surface area contributed by atoms with Gasteiger partial charge in [-0.15, -0.1) is 11.3 Å². The molecule has 4 nitrogen and oxygen atoms in total. The van der Waals surface area contributed by atoms with Gasteiger partial charge in [-0.3, -0.25) is 4.98 Å². The lowest BCUT2D eigenvalue weighted by Crippen LogP contribution is -2.01. The van der Waals surface area contributed by atoms with Crippen LogP contribution in [0.15, 0.2) is 35.1 Å². The highest BCUT2D eigenvalue weighted by Gasteiger charge is 2.12. The van der Waals surface area contributed by atoms with Crippen LogP contribution in [0.1, 0.15) is 16.2 Å². The summed E-state index contributed by atoms with van der Waals surface area (Å²) in [5.41, 5.74) is 9.09. The van der Waals surface area contributed by atoms with E-state index in [2.05, 4.69) is 17.2 Å². The molecule has 0 amide bonds. The van der Waals surface area contributed by atoms with Gasteiger partial charge in [0, 0.05) is 11.1 Å². The summed E-state index contributed by atoms with van der Waals surface area (Å²) in [6.07, 6.45) is 4.44. The first-order valence-corrected chi connectivity index (χ1v) is 7.44. The molecular formula is C15H17N3OS. The van der Waals surface area contributed by atoms with E-state index >= 15 is 0 Å². The zero-order valence-electron chi connectivity index (χ0n) is 11.3. The van der Waals surface area contributed by atoms with Crippen molar-refractivity contribution in [3.8, 4) is 0 Å². The minimum Gasteiger partial charge on any atom is -0.467 e. The number of fused-ring (bicyclic) bond motifs is 1. The van der Waals surface area contributed by atoms with Crippen LogP contribution < -0.4 is 11.1 Å². The maximum atomic E-state index is 5.67. The number of nitrogens with two attached hydrogens (primary N) is 1. The molecule has 0 aliphatic carbocycles. The van der Waals surface area contributed by atoms with Crippen molar-refractivity contribution in [3.05, 3.63) is 46.9 Å². The zero-order valence-corrected chi connectivity index (χ0v) is 12.2. The number of aromatic nitrogens is 1. The summed E-state index contributed by atoms with van der Waals surface area (Å²) in [5, 5.41) is 3.42. The maximum Gasteiger partial charge on any atom is 0.122 e. The third-order valence-electron chi connectivity index (χ3n) is 3.31. The van der Waals surface area contributed by atoms with E-state index in [9.17, 15) is 0 Å². The molecule has 0 saturated carbocycles. The van der Waals surface area contributed by atoms with Gasteiger partial charge in [0.05, 0.1) is 28.7 Å². The van der Waals surface area contributed by atoms with Crippen molar-refractivity contribution in [1.82, 2.24) is 4.98 Å². The zero-order chi connectivity index (χ0) is 13.9. The molecule has 0 spiro atoms. The number of nitrogens with zero attached hydrogens (tertiary/aromatic N) is 1. The van der Waals surface area contributed by atoms with E-state index in [0.717, 1.165) is 23.4 Å². The Hall–Kier alpha value is -1.85. The van der Waals surface area contributed by atoms with Crippen molar-refractivity contribution in [2.75, 3.05) is 11.9 Å². The van der Waals surface area contributed by atoms with E-state index in [-0.39, 0.29) is 0 Å². The number of nitrogens with one attached hydrogen (secondary N) is 1. The highest BCUT2D eigenvalue weighted by molar-refractivity contribution is 7.19. The topological polar surface area (TPSA) is 64.1 Å². The third-order valence-corrected chi connectivity index (χ3v) is 4.68. The predicted molar refractivity (Wildman–Crippen MR) is 83.2 cm³/mol. The summed E-state index contributed by atoms with van der Waals surface area (Å²) >= 11 is 1.78. The van der Waals surface area contributed by atoms with Gasteiger partial charge in [-0.2, -0.15) is 0 Å². The molecule has 20 heavy (non-hydrogen) atoms. The highest BCUT2D eigenvalue weighted by Crippen LogP contribution is 2.34. The minimum absolute atomic E-state index is 0.669. The third kappa shape index (κ3) is 2.42. The first-order valence-electron chi connectivity index (χ1n) is 6.63. The molecule has 3 N–H and O–H groups in total. The normalized spacial score (nSPS) is 11.1.